The summed E-state index contributed by atoms with van der Waals surface area (Å²) in [5.41, 5.74) is -0.0996. The van der Waals surface area contributed by atoms with E-state index >= 15 is 0 Å². The highest BCUT2D eigenvalue weighted by Crippen LogP contribution is 2.23. The first-order valence-corrected chi connectivity index (χ1v) is 5.67. The molecule has 0 radical (unpaired) electrons. The summed E-state index contributed by atoms with van der Waals surface area (Å²) >= 11 is 5.83. The van der Waals surface area contributed by atoms with Gasteiger partial charge in [-0.2, -0.15) is 0 Å². The standard InChI is InChI=1S/C13H8ClNO4/c14-12-8-9(15(17)18)6-7-11(12)13(16)19-10-4-2-1-3-5-10/h1-8H. The van der Waals surface area contributed by atoms with Gasteiger partial charge in [-0.05, 0) is 18.2 Å². The molecule has 0 aliphatic rings. The van der Waals surface area contributed by atoms with Crippen molar-refractivity contribution >= 4 is 23.3 Å². The zero-order valence-electron chi connectivity index (χ0n) is 9.58. The van der Waals surface area contributed by atoms with Crippen LogP contribution >= 0.6 is 11.6 Å². The van der Waals surface area contributed by atoms with Crippen LogP contribution in [0.15, 0.2) is 48.5 Å². The molecule has 0 aliphatic carbocycles. The maximum Gasteiger partial charge on any atom is 0.345 e. The van der Waals surface area contributed by atoms with Gasteiger partial charge >= 0.3 is 5.97 Å². The molecule has 19 heavy (non-hydrogen) atoms. The number of carbonyl (C=O) groups is 1. The quantitative estimate of drug-likeness (QED) is 0.373. The highest BCUT2D eigenvalue weighted by molar-refractivity contribution is 6.33. The van der Waals surface area contributed by atoms with Crippen molar-refractivity contribution in [3.05, 3.63) is 69.2 Å². The highest BCUT2D eigenvalue weighted by atomic mass is 35.5. The summed E-state index contributed by atoms with van der Waals surface area (Å²) in [4.78, 5) is 21.8. The summed E-state index contributed by atoms with van der Waals surface area (Å²) in [6, 6.07) is 12.1. The van der Waals surface area contributed by atoms with Gasteiger partial charge in [0, 0.05) is 12.1 Å². The van der Waals surface area contributed by atoms with Gasteiger partial charge in [-0.3, -0.25) is 10.1 Å². The van der Waals surface area contributed by atoms with Crippen LogP contribution in [0, 0.1) is 10.1 Å². The second kappa shape index (κ2) is 5.49. The summed E-state index contributed by atoms with van der Waals surface area (Å²) in [6.45, 7) is 0. The Bertz CT molecular complexity index is 628. The minimum Gasteiger partial charge on any atom is -0.423 e. The molecule has 0 saturated heterocycles. The highest BCUT2D eigenvalue weighted by Gasteiger charge is 2.16. The lowest BCUT2D eigenvalue weighted by Crippen LogP contribution is -2.09. The summed E-state index contributed by atoms with van der Waals surface area (Å²) in [6.07, 6.45) is 0. The fourth-order valence-electron chi connectivity index (χ4n) is 1.43. The largest absolute Gasteiger partial charge is 0.423 e. The maximum atomic E-state index is 11.8. The number of rotatable bonds is 3. The number of hydrogen-bond donors (Lipinski definition) is 0. The molecular formula is C13H8ClNO4. The van der Waals surface area contributed by atoms with E-state index in [4.69, 9.17) is 16.3 Å². The van der Waals surface area contributed by atoms with Crippen molar-refractivity contribution in [3.63, 3.8) is 0 Å². The van der Waals surface area contributed by atoms with Gasteiger partial charge in [-0.15, -0.1) is 0 Å². The normalized spacial score (nSPS) is 9.95. The minimum absolute atomic E-state index is 0.0184. The first kappa shape index (κ1) is 13.0. The molecule has 0 aliphatic heterocycles. The van der Waals surface area contributed by atoms with Crippen LogP contribution in [0.25, 0.3) is 0 Å². The van der Waals surface area contributed by atoms with Crippen LogP contribution in [0.3, 0.4) is 0 Å². The van der Waals surface area contributed by atoms with E-state index in [2.05, 4.69) is 0 Å². The molecule has 2 rings (SSSR count). The topological polar surface area (TPSA) is 69.4 Å². The molecule has 0 spiro atoms. The summed E-state index contributed by atoms with van der Waals surface area (Å²) < 4.78 is 5.09. The Labute approximate surface area is 113 Å². The van der Waals surface area contributed by atoms with Crippen molar-refractivity contribution in [3.8, 4) is 5.75 Å². The lowest BCUT2D eigenvalue weighted by atomic mass is 10.2. The van der Waals surface area contributed by atoms with Crippen LogP contribution in [0.5, 0.6) is 5.75 Å². The molecule has 0 bridgehead atoms. The molecule has 0 atom stereocenters. The van der Waals surface area contributed by atoms with E-state index in [9.17, 15) is 14.9 Å². The molecular weight excluding hydrogens is 270 g/mol. The first-order chi connectivity index (χ1) is 9.08. The minimum atomic E-state index is -0.661. The van der Waals surface area contributed by atoms with Crippen molar-refractivity contribution in [2.45, 2.75) is 0 Å². The third-order valence-electron chi connectivity index (χ3n) is 2.34. The van der Waals surface area contributed by atoms with E-state index in [1.807, 2.05) is 0 Å². The summed E-state index contributed by atoms with van der Waals surface area (Å²) in [5.74, 6) is -0.284. The van der Waals surface area contributed by atoms with Gasteiger partial charge < -0.3 is 4.74 Å². The second-order valence-corrected chi connectivity index (χ2v) is 4.03. The zero-order chi connectivity index (χ0) is 13.8. The number of hydrogen-bond acceptors (Lipinski definition) is 4. The van der Waals surface area contributed by atoms with Gasteiger partial charge in [-0.1, -0.05) is 29.8 Å². The van der Waals surface area contributed by atoms with E-state index in [1.165, 1.54) is 12.1 Å². The number of benzene rings is 2. The van der Waals surface area contributed by atoms with Gasteiger partial charge in [0.05, 0.1) is 15.5 Å². The van der Waals surface area contributed by atoms with Crippen LogP contribution in [0.1, 0.15) is 10.4 Å². The Balaban J connectivity index is 2.22. The van der Waals surface area contributed by atoms with Crippen LogP contribution in [0.4, 0.5) is 5.69 Å². The summed E-state index contributed by atoms with van der Waals surface area (Å²) in [5, 5.41) is 10.5. The van der Waals surface area contributed by atoms with Gasteiger partial charge in [0.1, 0.15) is 5.75 Å². The number of nitrogens with zero attached hydrogens (tertiary/aromatic N) is 1. The van der Waals surface area contributed by atoms with Gasteiger partial charge in [-0.25, -0.2) is 4.79 Å². The molecule has 0 unspecified atom stereocenters. The summed E-state index contributed by atoms with van der Waals surface area (Å²) in [7, 11) is 0. The molecule has 0 saturated carbocycles. The number of nitro benzene ring substituents is 1. The molecule has 0 aromatic heterocycles. The smallest absolute Gasteiger partial charge is 0.345 e. The average molecular weight is 278 g/mol. The number of esters is 1. The van der Waals surface area contributed by atoms with Crippen molar-refractivity contribution < 1.29 is 14.5 Å². The van der Waals surface area contributed by atoms with Crippen molar-refractivity contribution in [1.29, 1.82) is 0 Å². The van der Waals surface area contributed by atoms with E-state index < -0.39 is 10.9 Å². The van der Waals surface area contributed by atoms with E-state index in [0.29, 0.717) is 5.75 Å². The van der Waals surface area contributed by atoms with E-state index in [1.54, 1.807) is 30.3 Å². The van der Waals surface area contributed by atoms with Gasteiger partial charge in [0.15, 0.2) is 0 Å². The number of ether oxygens (including phenoxy) is 1. The molecule has 0 N–H and O–H groups in total. The molecule has 6 heteroatoms. The SMILES string of the molecule is O=C(Oc1ccccc1)c1ccc([N+](=O)[O-])cc1Cl. The fraction of sp³-hybridized carbons (Fsp3) is 0. The molecule has 0 fully saturated rings. The average Bonchev–Trinajstić information content (AvgIpc) is 2.39. The Morgan fingerprint density at radius 1 is 1.16 bits per heavy atom. The zero-order valence-corrected chi connectivity index (χ0v) is 10.3. The molecule has 2 aromatic carbocycles. The lowest BCUT2D eigenvalue weighted by molar-refractivity contribution is -0.384. The van der Waals surface area contributed by atoms with E-state index in [0.717, 1.165) is 6.07 Å². The molecule has 0 heterocycles. The fourth-order valence-corrected chi connectivity index (χ4v) is 1.69. The van der Waals surface area contributed by atoms with Gasteiger partial charge in [0.25, 0.3) is 5.69 Å². The van der Waals surface area contributed by atoms with Crippen LogP contribution < -0.4 is 4.74 Å². The van der Waals surface area contributed by atoms with E-state index in [-0.39, 0.29) is 16.3 Å². The number of non-ortho nitro benzene ring substituents is 1. The third-order valence-corrected chi connectivity index (χ3v) is 2.65. The second-order valence-electron chi connectivity index (χ2n) is 3.62. The Morgan fingerprint density at radius 2 is 1.84 bits per heavy atom. The number of carbonyl (C=O) groups excluding carboxylic acids is 1. The lowest BCUT2D eigenvalue weighted by Gasteiger charge is -2.05. The molecule has 2 aromatic rings. The maximum absolute atomic E-state index is 11.8. The van der Waals surface area contributed by atoms with Crippen molar-refractivity contribution in [2.75, 3.05) is 0 Å². The van der Waals surface area contributed by atoms with Crippen LogP contribution in [0.2, 0.25) is 5.02 Å². The number of halogens is 1. The molecule has 5 nitrogen and oxygen atoms in total. The predicted molar refractivity (Wildman–Crippen MR) is 69.5 cm³/mol. The molecule has 0 amide bonds. The Morgan fingerprint density at radius 3 is 2.42 bits per heavy atom. The Kier molecular flexibility index (Phi) is 3.77. The van der Waals surface area contributed by atoms with Crippen LogP contribution in [-0.2, 0) is 0 Å². The number of nitro groups is 1. The first-order valence-electron chi connectivity index (χ1n) is 5.29. The number of para-hydroxylation sites is 1. The molecule has 96 valence electrons. The predicted octanol–water partition coefficient (Wildman–Crippen LogP) is 3.47. The van der Waals surface area contributed by atoms with Crippen LogP contribution in [-0.4, -0.2) is 10.9 Å². The van der Waals surface area contributed by atoms with Crippen molar-refractivity contribution in [2.24, 2.45) is 0 Å². The third kappa shape index (κ3) is 3.08. The van der Waals surface area contributed by atoms with Crippen molar-refractivity contribution in [1.82, 2.24) is 0 Å². The monoisotopic (exact) mass is 277 g/mol. The van der Waals surface area contributed by atoms with Gasteiger partial charge in [0.2, 0.25) is 0 Å². The Hall–Kier alpha value is -2.40.